The number of carbonyl (C=O) groups is 2. The highest BCUT2D eigenvalue weighted by Crippen LogP contribution is 2.23. The first-order valence-corrected chi connectivity index (χ1v) is 11.0. The number of aromatic nitrogens is 2. The molecule has 0 unspecified atom stereocenters. The highest BCUT2D eigenvalue weighted by Gasteiger charge is 2.12. The number of phenols is 1. The number of phenolic OH excluding ortho intramolecular Hbond substituents is 1. The van der Waals surface area contributed by atoms with E-state index in [1.807, 2.05) is 6.07 Å². The lowest BCUT2D eigenvalue weighted by molar-refractivity contribution is -0.117. The minimum atomic E-state index is -0.574. The summed E-state index contributed by atoms with van der Waals surface area (Å²) in [5, 5.41) is 22.3. The fourth-order valence-electron chi connectivity index (χ4n) is 3.75. The summed E-state index contributed by atoms with van der Waals surface area (Å²) < 4.78 is 14.3. The molecular formula is C26H23FN4O4. The van der Waals surface area contributed by atoms with Crippen LogP contribution in [0.5, 0.6) is 5.75 Å². The van der Waals surface area contributed by atoms with Crippen molar-refractivity contribution in [3.8, 4) is 5.75 Å². The van der Waals surface area contributed by atoms with Gasteiger partial charge < -0.3 is 15.7 Å². The number of rotatable bonds is 8. The molecule has 3 aromatic carbocycles. The zero-order chi connectivity index (χ0) is 24.8. The molecule has 1 aromatic heterocycles. The van der Waals surface area contributed by atoms with E-state index in [0.29, 0.717) is 22.9 Å². The van der Waals surface area contributed by atoms with E-state index in [9.17, 15) is 23.9 Å². The molecule has 9 heteroatoms. The lowest BCUT2D eigenvalue weighted by atomic mass is 10.00. The van der Waals surface area contributed by atoms with Crippen LogP contribution in [0.3, 0.4) is 0 Å². The number of H-pyrrole nitrogens is 1. The second-order valence-electron chi connectivity index (χ2n) is 8.04. The molecule has 4 N–H and O–H groups in total. The van der Waals surface area contributed by atoms with Crippen molar-refractivity contribution >= 4 is 34.0 Å². The molecular weight excluding hydrogens is 451 g/mol. The molecule has 0 saturated carbocycles. The van der Waals surface area contributed by atoms with Gasteiger partial charge in [-0.15, -0.1) is 0 Å². The smallest absolute Gasteiger partial charge is 0.272 e. The van der Waals surface area contributed by atoms with Gasteiger partial charge in [-0.05, 0) is 54.3 Å². The van der Waals surface area contributed by atoms with Gasteiger partial charge in [0.2, 0.25) is 11.8 Å². The summed E-state index contributed by atoms with van der Waals surface area (Å²) in [6.45, 7) is 0. The zero-order valence-electron chi connectivity index (χ0n) is 18.7. The summed E-state index contributed by atoms with van der Waals surface area (Å²) in [4.78, 5) is 36.4. The Kier molecular flexibility index (Phi) is 7.15. The van der Waals surface area contributed by atoms with Crippen LogP contribution in [-0.2, 0) is 16.0 Å². The van der Waals surface area contributed by atoms with Crippen LogP contribution >= 0.6 is 0 Å². The van der Waals surface area contributed by atoms with Crippen molar-refractivity contribution in [3.05, 3.63) is 94.2 Å². The highest BCUT2D eigenvalue weighted by atomic mass is 19.1. The second-order valence-corrected chi connectivity index (χ2v) is 8.04. The maximum Gasteiger partial charge on any atom is 0.272 e. The molecule has 2 amide bonds. The van der Waals surface area contributed by atoms with Crippen LogP contribution in [0.25, 0.3) is 10.8 Å². The summed E-state index contributed by atoms with van der Waals surface area (Å²) in [7, 11) is 0. The van der Waals surface area contributed by atoms with E-state index in [2.05, 4.69) is 20.8 Å². The molecule has 0 aliphatic carbocycles. The van der Waals surface area contributed by atoms with Gasteiger partial charge in [0, 0.05) is 18.2 Å². The molecule has 0 radical (unpaired) electrons. The monoisotopic (exact) mass is 474 g/mol. The number of halogens is 1. The summed E-state index contributed by atoms with van der Waals surface area (Å²) in [6, 6.07) is 16.2. The molecule has 0 aliphatic rings. The molecule has 4 rings (SSSR count). The Morgan fingerprint density at radius 3 is 2.43 bits per heavy atom. The van der Waals surface area contributed by atoms with Crippen molar-refractivity contribution < 1.29 is 19.1 Å². The van der Waals surface area contributed by atoms with Gasteiger partial charge in [0.05, 0.1) is 23.0 Å². The van der Waals surface area contributed by atoms with Crippen LogP contribution in [0.2, 0.25) is 0 Å². The third kappa shape index (κ3) is 5.89. The third-order valence-electron chi connectivity index (χ3n) is 5.49. The maximum absolute atomic E-state index is 14.3. The average Bonchev–Trinajstić information content (AvgIpc) is 2.83. The first-order chi connectivity index (χ1) is 16.9. The highest BCUT2D eigenvalue weighted by molar-refractivity contribution is 5.94. The Hall–Kier alpha value is -4.53. The zero-order valence-corrected chi connectivity index (χ0v) is 18.7. The third-order valence-corrected chi connectivity index (χ3v) is 5.49. The molecule has 0 fully saturated rings. The number of benzene rings is 3. The van der Waals surface area contributed by atoms with Crippen LogP contribution < -0.4 is 16.2 Å². The number of anilines is 2. The topological polar surface area (TPSA) is 124 Å². The number of fused-ring (bicyclic) bond motifs is 1. The van der Waals surface area contributed by atoms with Crippen molar-refractivity contribution in [1.29, 1.82) is 0 Å². The Labute approximate surface area is 199 Å². The number of hydrogen-bond acceptors (Lipinski definition) is 5. The molecule has 1 heterocycles. The fourth-order valence-corrected chi connectivity index (χ4v) is 3.75. The van der Waals surface area contributed by atoms with E-state index in [1.165, 1.54) is 12.1 Å². The minimum absolute atomic E-state index is 0.0234. The first-order valence-electron chi connectivity index (χ1n) is 11.0. The predicted molar refractivity (Wildman–Crippen MR) is 131 cm³/mol. The Morgan fingerprint density at radius 2 is 1.66 bits per heavy atom. The SMILES string of the molecule is O=C(CCCC(=O)Nc1cc(Cc2cccc3c(=O)[nH]ncc23)ccc1F)Nc1ccccc1O. The van der Waals surface area contributed by atoms with Gasteiger partial charge in [0.25, 0.3) is 5.56 Å². The summed E-state index contributed by atoms with van der Waals surface area (Å²) in [6.07, 6.45) is 2.34. The van der Waals surface area contributed by atoms with E-state index in [-0.39, 0.29) is 42.2 Å². The van der Waals surface area contributed by atoms with Gasteiger partial charge in [-0.25, -0.2) is 9.49 Å². The van der Waals surface area contributed by atoms with Crippen molar-refractivity contribution in [2.75, 3.05) is 10.6 Å². The predicted octanol–water partition coefficient (Wildman–Crippen LogP) is 4.11. The number of amides is 2. The standard InChI is InChI=1S/C26H23FN4O4/c27-20-12-11-16(13-17-5-3-6-18-19(17)15-28-31-26(18)35)14-22(20)30-25(34)10-4-9-24(33)29-21-7-1-2-8-23(21)32/h1-3,5-8,11-12,14-15,32H,4,9-10,13H2,(H,29,33)(H,30,34)(H,31,35). The lowest BCUT2D eigenvalue weighted by Crippen LogP contribution is -2.15. The van der Waals surface area contributed by atoms with Gasteiger partial charge in [0.15, 0.2) is 0 Å². The molecule has 35 heavy (non-hydrogen) atoms. The Bertz CT molecular complexity index is 1450. The Morgan fingerprint density at radius 1 is 0.914 bits per heavy atom. The summed E-state index contributed by atoms with van der Waals surface area (Å²) >= 11 is 0. The quantitative estimate of drug-likeness (QED) is 0.286. The summed E-state index contributed by atoms with van der Waals surface area (Å²) in [5.41, 5.74) is 1.65. The molecule has 0 bridgehead atoms. The van der Waals surface area contributed by atoms with Crippen molar-refractivity contribution in [2.24, 2.45) is 0 Å². The van der Waals surface area contributed by atoms with E-state index < -0.39 is 11.7 Å². The van der Waals surface area contributed by atoms with Crippen LogP contribution in [0.1, 0.15) is 30.4 Å². The number of hydrogen-bond donors (Lipinski definition) is 4. The Balaban J connectivity index is 1.36. The van der Waals surface area contributed by atoms with Crippen LogP contribution in [0.15, 0.2) is 71.7 Å². The van der Waals surface area contributed by atoms with Crippen molar-refractivity contribution in [3.63, 3.8) is 0 Å². The number of nitrogens with one attached hydrogen (secondary N) is 3. The van der Waals surface area contributed by atoms with Gasteiger partial charge in [0.1, 0.15) is 11.6 Å². The number of aromatic hydroxyl groups is 1. The largest absolute Gasteiger partial charge is 0.506 e. The van der Waals surface area contributed by atoms with E-state index in [0.717, 1.165) is 11.1 Å². The van der Waals surface area contributed by atoms with Gasteiger partial charge in [-0.2, -0.15) is 5.10 Å². The molecule has 0 aliphatic heterocycles. The maximum atomic E-state index is 14.3. The van der Waals surface area contributed by atoms with E-state index >= 15 is 0 Å². The normalized spacial score (nSPS) is 10.8. The van der Waals surface area contributed by atoms with Crippen molar-refractivity contribution in [1.82, 2.24) is 10.2 Å². The van der Waals surface area contributed by atoms with Crippen LogP contribution in [0, 0.1) is 5.82 Å². The first kappa shape index (κ1) is 23.6. The number of nitrogens with zero attached hydrogens (tertiary/aromatic N) is 1. The van der Waals surface area contributed by atoms with Gasteiger partial charge in [-0.1, -0.05) is 30.3 Å². The summed E-state index contributed by atoms with van der Waals surface area (Å²) in [5.74, 6) is -1.37. The molecule has 178 valence electrons. The molecule has 0 spiro atoms. The van der Waals surface area contributed by atoms with Gasteiger partial charge in [-0.3, -0.25) is 14.4 Å². The lowest BCUT2D eigenvalue weighted by Gasteiger charge is -2.10. The van der Waals surface area contributed by atoms with Crippen LogP contribution in [-0.4, -0.2) is 27.1 Å². The van der Waals surface area contributed by atoms with Crippen LogP contribution in [0.4, 0.5) is 15.8 Å². The van der Waals surface area contributed by atoms with Crippen molar-refractivity contribution in [2.45, 2.75) is 25.7 Å². The second kappa shape index (κ2) is 10.6. The van der Waals surface area contributed by atoms with E-state index in [4.69, 9.17) is 0 Å². The minimum Gasteiger partial charge on any atom is -0.506 e. The number of carbonyl (C=O) groups excluding carboxylic acids is 2. The van der Waals surface area contributed by atoms with Gasteiger partial charge >= 0.3 is 0 Å². The number of para-hydroxylation sites is 2. The molecule has 0 saturated heterocycles. The number of aromatic amines is 1. The van der Waals surface area contributed by atoms with E-state index in [1.54, 1.807) is 48.7 Å². The molecule has 4 aromatic rings. The average molecular weight is 474 g/mol. The molecule has 0 atom stereocenters. The molecule has 8 nitrogen and oxygen atoms in total. The fraction of sp³-hybridized carbons (Fsp3) is 0.154.